The van der Waals surface area contributed by atoms with Gasteiger partial charge in [-0.1, -0.05) is 20.3 Å². The van der Waals surface area contributed by atoms with Gasteiger partial charge in [-0.2, -0.15) is 10.1 Å². The molecule has 0 spiro atoms. The maximum Gasteiger partial charge on any atom is 0.222 e. The van der Waals surface area contributed by atoms with E-state index in [4.69, 9.17) is 10.5 Å². The van der Waals surface area contributed by atoms with Crippen LogP contribution in [-0.2, 0) is 13.7 Å². The van der Waals surface area contributed by atoms with E-state index in [1.54, 1.807) is 6.20 Å². The third-order valence-corrected chi connectivity index (χ3v) is 3.78. The summed E-state index contributed by atoms with van der Waals surface area (Å²) in [5.41, 5.74) is 7.67. The molecule has 0 radical (unpaired) electrons. The third-order valence-electron chi connectivity index (χ3n) is 3.78. The molecule has 126 valence electrons. The van der Waals surface area contributed by atoms with Crippen molar-refractivity contribution in [3.05, 3.63) is 23.7 Å². The number of rotatable bonds is 8. The summed E-state index contributed by atoms with van der Waals surface area (Å²) in [6, 6.07) is 2.34. The largest absolute Gasteiger partial charge is 0.482 e. The minimum Gasteiger partial charge on any atom is -0.482 e. The highest BCUT2D eigenvalue weighted by atomic mass is 16.5. The van der Waals surface area contributed by atoms with Crippen molar-refractivity contribution in [3.63, 3.8) is 0 Å². The molecule has 2 aromatic rings. The summed E-state index contributed by atoms with van der Waals surface area (Å²) in [6.07, 6.45) is 4.80. The number of nitrogen functional groups attached to an aromatic ring is 1. The van der Waals surface area contributed by atoms with E-state index in [0.717, 1.165) is 30.7 Å². The second-order valence-electron chi connectivity index (χ2n) is 5.67. The quantitative estimate of drug-likeness (QED) is 0.777. The average molecular weight is 318 g/mol. The van der Waals surface area contributed by atoms with Gasteiger partial charge in [0.15, 0.2) is 11.6 Å². The van der Waals surface area contributed by atoms with Gasteiger partial charge < -0.3 is 15.8 Å². The van der Waals surface area contributed by atoms with E-state index in [0.29, 0.717) is 24.2 Å². The molecular formula is C16H26N6O. The van der Waals surface area contributed by atoms with Crippen LogP contribution in [0.5, 0.6) is 5.75 Å². The number of nitrogens with two attached hydrogens (primary N) is 1. The van der Waals surface area contributed by atoms with Crippen molar-refractivity contribution in [1.82, 2.24) is 19.7 Å². The summed E-state index contributed by atoms with van der Waals surface area (Å²) in [4.78, 5) is 8.31. The number of aromatic nitrogens is 4. The Balaban J connectivity index is 2.11. The van der Waals surface area contributed by atoms with Crippen molar-refractivity contribution in [2.45, 2.75) is 52.7 Å². The molecule has 2 heterocycles. The molecule has 1 unspecified atom stereocenters. The van der Waals surface area contributed by atoms with Crippen LogP contribution < -0.4 is 15.8 Å². The highest BCUT2D eigenvalue weighted by molar-refractivity contribution is 5.51. The highest BCUT2D eigenvalue weighted by Crippen LogP contribution is 2.24. The number of hydrogen-bond acceptors (Lipinski definition) is 6. The van der Waals surface area contributed by atoms with Gasteiger partial charge >= 0.3 is 0 Å². The fourth-order valence-corrected chi connectivity index (χ4v) is 2.37. The average Bonchev–Trinajstić information content (AvgIpc) is 2.84. The lowest BCUT2D eigenvalue weighted by Gasteiger charge is -2.19. The molecular weight excluding hydrogens is 292 g/mol. The van der Waals surface area contributed by atoms with Gasteiger partial charge in [0.1, 0.15) is 12.3 Å². The van der Waals surface area contributed by atoms with E-state index < -0.39 is 0 Å². The second-order valence-corrected chi connectivity index (χ2v) is 5.67. The Kier molecular flexibility index (Phi) is 5.78. The van der Waals surface area contributed by atoms with Crippen LogP contribution in [0.15, 0.2) is 12.3 Å². The van der Waals surface area contributed by atoms with Gasteiger partial charge in [0.05, 0.1) is 6.20 Å². The van der Waals surface area contributed by atoms with E-state index in [9.17, 15) is 0 Å². The Morgan fingerprint density at radius 2 is 2.17 bits per heavy atom. The molecule has 23 heavy (non-hydrogen) atoms. The van der Waals surface area contributed by atoms with Crippen LogP contribution >= 0.6 is 0 Å². The summed E-state index contributed by atoms with van der Waals surface area (Å²) in [6.45, 7) is 6.69. The van der Waals surface area contributed by atoms with Gasteiger partial charge in [-0.25, -0.2) is 4.98 Å². The highest BCUT2D eigenvalue weighted by Gasteiger charge is 2.13. The lowest BCUT2D eigenvalue weighted by molar-refractivity contribution is 0.299. The molecule has 0 fully saturated rings. The zero-order valence-electron chi connectivity index (χ0n) is 14.3. The molecule has 3 N–H and O–H groups in total. The summed E-state index contributed by atoms with van der Waals surface area (Å²) < 4.78 is 7.68. The van der Waals surface area contributed by atoms with Gasteiger partial charge in [-0.15, -0.1) is 0 Å². The van der Waals surface area contributed by atoms with E-state index in [1.807, 2.05) is 24.7 Å². The minimum absolute atomic E-state index is 0.236. The molecule has 7 nitrogen and oxygen atoms in total. The van der Waals surface area contributed by atoms with Crippen molar-refractivity contribution in [2.24, 2.45) is 7.05 Å². The zero-order valence-corrected chi connectivity index (χ0v) is 14.3. The van der Waals surface area contributed by atoms with Crippen LogP contribution in [0.1, 0.15) is 44.5 Å². The molecule has 0 bridgehead atoms. The van der Waals surface area contributed by atoms with Gasteiger partial charge in [0, 0.05) is 18.8 Å². The maximum absolute atomic E-state index is 5.85. The van der Waals surface area contributed by atoms with Gasteiger partial charge in [0.25, 0.3) is 0 Å². The molecule has 2 rings (SSSR count). The summed E-state index contributed by atoms with van der Waals surface area (Å²) in [7, 11) is 1.91. The first-order valence-corrected chi connectivity index (χ1v) is 8.04. The van der Waals surface area contributed by atoms with Gasteiger partial charge in [-0.3, -0.25) is 4.68 Å². The van der Waals surface area contributed by atoms with Crippen LogP contribution in [0.3, 0.4) is 0 Å². The molecule has 0 aliphatic heterocycles. The van der Waals surface area contributed by atoms with Crippen LogP contribution in [0.25, 0.3) is 0 Å². The Morgan fingerprint density at radius 1 is 1.39 bits per heavy atom. The Labute approximate surface area is 137 Å². The first kappa shape index (κ1) is 17.1. The molecule has 0 saturated heterocycles. The zero-order chi connectivity index (χ0) is 16.8. The number of anilines is 2. The van der Waals surface area contributed by atoms with Crippen molar-refractivity contribution < 1.29 is 4.74 Å². The van der Waals surface area contributed by atoms with Crippen LogP contribution in [0, 0.1) is 6.92 Å². The molecule has 0 aromatic carbocycles. The van der Waals surface area contributed by atoms with Crippen molar-refractivity contribution in [2.75, 3.05) is 11.1 Å². The van der Waals surface area contributed by atoms with E-state index >= 15 is 0 Å². The van der Waals surface area contributed by atoms with E-state index in [1.165, 1.54) is 0 Å². The molecule has 7 heteroatoms. The second kappa shape index (κ2) is 7.80. The molecule has 2 aromatic heterocycles. The normalized spacial score (nSPS) is 12.2. The molecule has 0 saturated carbocycles. The summed E-state index contributed by atoms with van der Waals surface area (Å²) in [5, 5.41) is 7.79. The number of hydrogen-bond donors (Lipinski definition) is 2. The summed E-state index contributed by atoms with van der Waals surface area (Å²) in [5.74, 6) is 1.47. The SMILES string of the molecule is CCCC(CC)Nc1nc(N)ncc1OCc1cc(C)n(C)n1. The predicted molar refractivity (Wildman–Crippen MR) is 91.3 cm³/mol. The number of ether oxygens (including phenoxy) is 1. The minimum atomic E-state index is 0.236. The smallest absolute Gasteiger partial charge is 0.222 e. The lowest BCUT2D eigenvalue weighted by atomic mass is 10.1. The van der Waals surface area contributed by atoms with Gasteiger partial charge in [0.2, 0.25) is 5.95 Å². The monoisotopic (exact) mass is 318 g/mol. The standard InChI is InChI=1S/C16H26N6O/c1-5-7-12(6-2)19-15-14(9-18-16(17)20-15)23-10-13-8-11(3)22(4)21-13/h8-9,12H,5-7,10H2,1-4H3,(H3,17,18,19,20). The number of nitrogens with one attached hydrogen (secondary N) is 1. The van der Waals surface area contributed by atoms with Crippen molar-refractivity contribution in [3.8, 4) is 5.75 Å². The molecule has 1 atom stereocenters. The van der Waals surface area contributed by atoms with Crippen LogP contribution in [-0.4, -0.2) is 25.8 Å². The lowest BCUT2D eigenvalue weighted by Crippen LogP contribution is -2.20. The number of nitrogens with zero attached hydrogens (tertiary/aromatic N) is 4. The van der Waals surface area contributed by atoms with E-state index in [2.05, 4.69) is 34.2 Å². The van der Waals surface area contributed by atoms with Gasteiger partial charge in [-0.05, 0) is 25.8 Å². The molecule has 0 aliphatic rings. The first-order valence-electron chi connectivity index (χ1n) is 8.04. The van der Waals surface area contributed by atoms with Crippen LogP contribution in [0.2, 0.25) is 0 Å². The number of aryl methyl sites for hydroxylation is 2. The maximum atomic E-state index is 5.85. The van der Waals surface area contributed by atoms with E-state index in [-0.39, 0.29) is 5.95 Å². The fraction of sp³-hybridized carbons (Fsp3) is 0.562. The predicted octanol–water partition coefficient (Wildman–Crippen LogP) is 2.67. The molecule has 0 aliphatic carbocycles. The Bertz CT molecular complexity index is 620. The third kappa shape index (κ3) is 4.58. The fourth-order valence-electron chi connectivity index (χ4n) is 2.37. The summed E-state index contributed by atoms with van der Waals surface area (Å²) >= 11 is 0. The topological polar surface area (TPSA) is 90.9 Å². The molecule has 0 amide bonds. The Hall–Kier alpha value is -2.31. The van der Waals surface area contributed by atoms with Crippen molar-refractivity contribution >= 4 is 11.8 Å². The first-order chi connectivity index (χ1) is 11.0. The Morgan fingerprint density at radius 3 is 2.78 bits per heavy atom. The van der Waals surface area contributed by atoms with Crippen LogP contribution in [0.4, 0.5) is 11.8 Å². The van der Waals surface area contributed by atoms with Crippen molar-refractivity contribution in [1.29, 1.82) is 0 Å².